The van der Waals surface area contributed by atoms with E-state index in [0.717, 1.165) is 47.5 Å². The van der Waals surface area contributed by atoms with Crippen LogP contribution >= 0.6 is 0 Å². The average Bonchev–Trinajstić information content (AvgIpc) is 3.39. The Morgan fingerprint density at radius 1 is 1.19 bits per heavy atom. The minimum atomic E-state index is -0.0732. The molecule has 0 aliphatic carbocycles. The normalized spacial score (nSPS) is 22.5. The molecule has 1 amide bonds. The number of hydrogen-bond acceptors (Lipinski definition) is 5. The fourth-order valence-electron chi connectivity index (χ4n) is 4.40. The van der Waals surface area contributed by atoms with Gasteiger partial charge in [0.25, 0.3) is 0 Å². The molecule has 31 heavy (non-hydrogen) atoms. The minimum absolute atomic E-state index is 0.0732. The van der Waals surface area contributed by atoms with Crippen molar-refractivity contribution >= 4 is 16.8 Å². The highest BCUT2D eigenvalue weighted by Crippen LogP contribution is 2.34. The van der Waals surface area contributed by atoms with Crippen molar-refractivity contribution in [1.82, 2.24) is 20.4 Å². The molecule has 3 atom stereocenters. The van der Waals surface area contributed by atoms with Gasteiger partial charge in [-0.05, 0) is 35.7 Å². The number of rotatable bonds is 5. The van der Waals surface area contributed by atoms with Gasteiger partial charge < -0.3 is 20.1 Å². The maximum Gasteiger partial charge on any atom is 0.220 e. The fourth-order valence-corrected chi connectivity index (χ4v) is 4.40. The smallest absolute Gasteiger partial charge is 0.220 e. The highest BCUT2D eigenvalue weighted by Gasteiger charge is 2.28. The Balaban J connectivity index is 1.44. The van der Waals surface area contributed by atoms with Gasteiger partial charge in [0.2, 0.25) is 5.91 Å². The Bertz CT molecular complexity index is 1090. The van der Waals surface area contributed by atoms with Crippen LogP contribution in [-0.2, 0) is 16.6 Å². The van der Waals surface area contributed by atoms with E-state index in [1.807, 2.05) is 24.9 Å². The number of benzene rings is 2. The van der Waals surface area contributed by atoms with Gasteiger partial charge in [-0.15, -0.1) is 0 Å². The molecule has 0 radical (unpaired) electrons. The van der Waals surface area contributed by atoms with E-state index in [9.17, 15) is 4.79 Å². The molecule has 3 aromatic rings. The Morgan fingerprint density at radius 3 is 2.74 bits per heavy atom. The summed E-state index contributed by atoms with van der Waals surface area (Å²) >= 11 is 0. The fraction of sp³-hybridized carbons (Fsp3) is 0.417. The number of carbonyl (C=O) groups is 1. The van der Waals surface area contributed by atoms with Crippen LogP contribution in [0.3, 0.4) is 0 Å². The molecular weight excluding hydrogens is 392 g/mol. The summed E-state index contributed by atoms with van der Waals surface area (Å²) in [6.45, 7) is 5.19. The average molecular weight is 421 g/mol. The van der Waals surface area contributed by atoms with Gasteiger partial charge in [0.15, 0.2) is 0 Å². The van der Waals surface area contributed by atoms with E-state index in [-0.39, 0.29) is 24.0 Å². The number of nitrogens with zero attached hydrogens (tertiary/aromatic N) is 2. The van der Waals surface area contributed by atoms with Crippen LogP contribution in [0.25, 0.3) is 22.0 Å². The maximum atomic E-state index is 11.6. The predicted molar refractivity (Wildman–Crippen MR) is 119 cm³/mol. The Labute approximate surface area is 181 Å². The van der Waals surface area contributed by atoms with Gasteiger partial charge in [0.05, 0.1) is 23.6 Å². The molecule has 0 spiro atoms. The third kappa shape index (κ3) is 4.16. The number of carbonyl (C=O) groups excluding carboxylic acids is 1. The third-order valence-corrected chi connectivity index (χ3v) is 6.23. The Hall–Kier alpha value is -2.90. The van der Waals surface area contributed by atoms with Gasteiger partial charge >= 0.3 is 0 Å². The standard InChI is InChI=1S/C24H28N4O3/c1-15(19-11-24(29)26-12-19)31-22-10-18(9-21-20(22)14-28(2)27-21)16-3-5-17(6-4-16)23-13-25-7-8-30-23/h3-6,9-10,14-15,19,23,25H,7-8,11-13H2,1-2H3,(H,26,29)/t15?,19-,23?/m1/s1. The van der Waals surface area contributed by atoms with Gasteiger partial charge in [-0.3, -0.25) is 9.48 Å². The van der Waals surface area contributed by atoms with Crippen molar-refractivity contribution < 1.29 is 14.3 Å². The van der Waals surface area contributed by atoms with Crippen molar-refractivity contribution in [3.8, 4) is 16.9 Å². The van der Waals surface area contributed by atoms with Crippen LogP contribution in [0, 0.1) is 5.92 Å². The van der Waals surface area contributed by atoms with Crippen LogP contribution in [0.2, 0.25) is 0 Å². The summed E-state index contributed by atoms with van der Waals surface area (Å²) in [6, 6.07) is 12.7. The van der Waals surface area contributed by atoms with E-state index < -0.39 is 0 Å². The lowest BCUT2D eigenvalue weighted by Crippen LogP contribution is -2.33. The number of amides is 1. The number of aryl methyl sites for hydroxylation is 1. The molecule has 2 unspecified atom stereocenters. The number of nitrogens with one attached hydrogen (secondary N) is 2. The largest absolute Gasteiger partial charge is 0.490 e. The van der Waals surface area contributed by atoms with Crippen LogP contribution in [-0.4, -0.2) is 48.0 Å². The molecule has 5 rings (SSSR count). The molecule has 1 aromatic heterocycles. The van der Waals surface area contributed by atoms with Crippen molar-refractivity contribution in [2.75, 3.05) is 26.2 Å². The lowest BCUT2D eigenvalue weighted by atomic mass is 9.99. The Morgan fingerprint density at radius 2 is 2.03 bits per heavy atom. The van der Waals surface area contributed by atoms with E-state index in [2.05, 4.69) is 52.1 Å². The van der Waals surface area contributed by atoms with Gasteiger partial charge in [0, 0.05) is 45.2 Å². The van der Waals surface area contributed by atoms with Gasteiger partial charge in [-0.2, -0.15) is 5.10 Å². The van der Waals surface area contributed by atoms with Crippen LogP contribution in [0.4, 0.5) is 0 Å². The molecule has 2 fully saturated rings. The van der Waals surface area contributed by atoms with Crippen LogP contribution in [0.15, 0.2) is 42.6 Å². The highest BCUT2D eigenvalue weighted by molar-refractivity contribution is 5.90. The molecule has 7 heteroatoms. The first kappa shape index (κ1) is 20.0. The second-order valence-corrected chi connectivity index (χ2v) is 8.49. The first-order valence-electron chi connectivity index (χ1n) is 10.9. The first-order chi connectivity index (χ1) is 15.1. The lowest BCUT2D eigenvalue weighted by molar-refractivity contribution is -0.119. The quantitative estimate of drug-likeness (QED) is 0.664. The summed E-state index contributed by atoms with van der Waals surface area (Å²) in [7, 11) is 1.92. The molecule has 2 aliphatic rings. The zero-order chi connectivity index (χ0) is 21.4. The molecule has 162 valence electrons. The molecule has 0 bridgehead atoms. The van der Waals surface area contributed by atoms with E-state index >= 15 is 0 Å². The minimum Gasteiger partial charge on any atom is -0.490 e. The maximum absolute atomic E-state index is 11.6. The second kappa shape index (κ2) is 8.32. The molecule has 7 nitrogen and oxygen atoms in total. The summed E-state index contributed by atoms with van der Waals surface area (Å²) in [5, 5.41) is 11.9. The van der Waals surface area contributed by atoms with Crippen molar-refractivity contribution in [3.63, 3.8) is 0 Å². The topological polar surface area (TPSA) is 77.4 Å². The number of ether oxygens (including phenoxy) is 2. The van der Waals surface area contributed by atoms with E-state index in [0.29, 0.717) is 13.0 Å². The van der Waals surface area contributed by atoms with Crippen LogP contribution < -0.4 is 15.4 Å². The van der Waals surface area contributed by atoms with Gasteiger partial charge in [-0.1, -0.05) is 24.3 Å². The highest BCUT2D eigenvalue weighted by atomic mass is 16.5. The van der Waals surface area contributed by atoms with Crippen molar-refractivity contribution in [2.45, 2.75) is 25.6 Å². The van der Waals surface area contributed by atoms with E-state index in [1.54, 1.807) is 0 Å². The number of morpholine rings is 1. The Kier molecular flexibility index (Phi) is 5.38. The number of fused-ring (bicyclic) bond motifs is 1. The number of aromatic nitrogens is 2. The molecular formula is C24H28N4O3. The molecule has 2 N–H and O–H groups in total. The zero-order valence-corrected chi connectivity index (χ0v) is 17.9. The monoisotopic (exact) mass is 420 g/mol. The molecule has 2 aromatic carbocycles. The number of hydrogen-bond donors (Lipinski definition) is 2. The van der Waals surface area contributed by atoms with Crippen LogP contribution in [0.1, 0.15) is 25.0 Å². The first-order valence-corrected chi connectivity index (χ1v) is 10.9. The molecule has 2 aliphatic heterocycles. The van der Waals surface area contributed by atoms with Crippen molar-refractivity contribution in [2.24, 2.45) is 13.0 Å². The van der Waals surface area contributed by atoms with Crippen LogP contribution in [0.5, 0.6) is 5.75 Å². The summed E-state index contributed by atoms with van der Waals surface area (Å²) in [5.74, 6) is 1.07. The third-order valence-electron chi connectivity index (χ3n) is 6.23. The summed E-state index contributed by atoms with van der Waals surface area (Å²) in [4.78, 5) is 11.6. The zero-order valence-electron chi connectivity index (χ0n) is 17.9. The van der Waals surface area contributed by atoms with E-state index in [4.69, 9.17) is 9.47 Å². The second-order valence-electron chi connectivity index (χ2n) is 8.49. The van der Waals surface area contributed by atoms with Crippen molar-refractivity contribution in [3.05, 3.63) is 48.2 Å². The summed E-state index contributed by atoms with van der Waals surface area (Å²) < 4.78 is 14.1. The molecule has 2 saturated heterocycles. The molecule has 3 heterocycles. The SMILES string of the molecule is CC(Oc1cc(-c2ccc(C3CNCCO3)cc2)cc2nn(C)cc12)[C@H]1CNC(=O)C1. The van der Waals surface area contributed by atoms with Gasteiger partial charge in [-0.25, -0.2) is 0 Å². The van der Waals surface area contributed by atoms with E-state index in [1.165, 1.54) is 5.56 Å². The van der Waals surface area contributed by atoms with Gasteiger partial charge in [0.1, 0.15) is 11.9 Å². The summed E-state index contributed by atoms with van der Waals surface area (Å²) in [5.41, 5.74) is 4.24. The van der Waals surface area contributed by atoms with Crippen molar-refractivity contribution in [1.29, 1.82) is 0 Å². The summed E-state index contributed by atoms with van der Waals surface area (Å²) in [6.07, 6.45) is 2.52. The predicted octanol–water partition coefficient (Wildman–Crippen LogP) is 2.80. The lowest BCUT2D eigenvalue weighted by Gasteiger charge is -2.24. The molecule has 0 saturated carbocycles.